The van der Waals surface area contributed by atoms with E-state index in [1.165, 1.54) is 51.1 Å². The molecular weight excluding hydrogens is 194 g/mol. The summed E-state index contributed by atoms with van der Waals surface area (Å²) in [6, 6.07) is 2.20. The monoisotopic (exact) mass is 217 g/mol. The highest BCUT2D eigenvalue weighted by atomic mass is 28.3. The maximum absolute atomic E-state index is 5.28. The van der Waals surface area contributed by atoms with Crippen molar-refractivity contribution in [2.24, 2.45) is 0 Å². The Bertz CT molecular complexity index is 118. The standard InChI is InChI=1S/C9H23NOSi2/c12-11-13-8-4-7-10-9-5-2-1-3-6-9/h9-10H,1-8,13H2,12H3. The molecule has 2 nitrogen and oxygen atoms in total. The van der Waals surface area contributed by atoms with Crippen LogP contribution in [0.3, 0.4) is 0 Å². The minimum Gasteiger partial charge on any atom is -0.468 e. The average molecular weight is 217 g/mol. The lowest BCUT2D eigenvalue weighted by atomic mass is 9.95. The van der Waals surface area contributed by atoms with Crippen molar-refractivity contribution in [2.75, 3.05) is 6.54 Å². The predicted molar refractivity (Wildman–Crippen MR) is 63.9 cm³/mol. The van der Waals surface area contributed by atoms with Gasteiger partial charge in [0, 0.05) is 6.04 Å². The van der Waals surface area contributed by atoms with Gasteiger partial charge in [-0.2, -0.15) is 0 Å². The lowest BCUT2D eigenvalue weighted by molar-refractivity contribution is 0.374. The zero-order valence-corrected chi connectivity index (χ0v) is 12.3. The second kappa shape index (κ2) is 7.73. The van der Waals surface area contributed by atoms with E-state index in [9.17, 15) is 0 Å². The summed E-state index contributed by atoms with van der Waals surface area (Å²) >= 11 is 0. The molecule has 0 aromatic carbocycles. The molecule has 78 valence electrons. The van der Waals surface area contributed by atoms with Crippen molar-refractivity contribution in [2.45, 2.75) is 50.6 Å². The van der Waals surface area contributed by atoms with Crippen LogP contribution in [0.4, 0.5) is 0 Å². The predicted octanol–water partition coefficient (Wildman–Crippen LogP) is 0.0979. The van der Waals surface area contributed by atoms with Crippen LogP contribution in [-0.2, 0) is 4.12 Å². The van der Waals surface area contributed by atoms with Gasteiger partial charge >= 0.3 is 0 Å². The van der Waals surface area contributed by atoms with Crippen molar-refractivity contribution in [3.8, 4) is 0 Å². The van der Waals surface area contributed by atoms with E-state index in [0.717, 1.165) is 16.5 Å². The molecule has 1 aliphatic rings. The molecule has 0 aromatic heterocycles. The summed E-state index contributed by atoms with van der Waals surface area (Å²) in [7, 11) is 0.851. The van der Waals surface area contributed by atoms with Crippen LogP contribution < -0.4 is 5.32 Å². The van der Waals surface area contributed by atoms with Gasteiger partial charge < -0.3 is 9.43 Å². The number of hydrogen-bond acceptors (Lipinski definition) is 2. The fourth-order valence-electron chi connectivity index (χ4n) is 1.98. The number of rotatable bonds is 6. The Morgan fingerprint density at radius 2 is 2.08 bits per heavy atom. The van der Waals surface area contributed by atoms with Gasteiger partial charge in [-0.1, -0.05) is 19.3 Å². The van der Waals surface area contributed by atoms with Crippen LogP contribution in [0.2, 0.25) is 6.04 Å². The van der Waals surface area contributed by atoms with Crippen LogP contribution in [0.25, 0.3) is 0 Å². The van der Waals surface area contributed by atoms with E-state index in [1.54, 1.807) is 0 Å². The van der Waals surface area contributed by atoms with E-state index in [0.29, 0.717) is 0 Å². The van der Waals surface area contributed by atoms with Crippen LogP contribution in [-0.4, -0.2) is 32.8 Å². The summed E-state index contributed by atoms with van der Waals surface area (Å²) in [4.78, 5) is 0. The first-order valence-corrected chi connectivity index (χ1v) is 8.05. The fourth-order valence-corrected chi connectivity index (χ4v) is 3.59. The van der Waals surface area contributed by atoms with Crippen LogP contribution >= 0.6 is 0 Å². The maximum Gasteiger partial charge on any atom is 0.145 e. The van der Waals surface area contributed by atoms with Gasteiger partial charge in [0.1, 0.15) is 20.2 Å². The van der Waals surface area contributed by atoms with E-state index in [-0.39, 0.29) is 9.76 Å². The highest BCUT2D eigenvalue weighted by Crippen LogP contribution is 2.17. The number of hydrogen-bond donors (Lipinski definition) is 1. The van der Waals surface area contributed by atoms with Gasteiger partial charge in [-0.05, 0) is 31.9 Å². The van der Waals surface area contributed by atoms with E-state index < -0.39 is 0 Å². The van der Waals surface area contributed by atoms with Gasteiger partial charge in [-0.3, -0.25) is 0 Å². The molecule has 0 aliphatic heterocycles. The van der Waals surface area contributed by atoms with E-state index in [4.69, 9.17) is 4.12 Å². The molecular formula is C9H23NOSi2. The van der Waals surface area contributed by atoms with E-state index in [1.807, 2.05) is 0 Å². The summed E-state index contributed by atoms with van der Waals surface area (Å²) in [6.45, 7) is 1.22. The Kier molecular flexibility index (Phi) is 6.80. The van der Waals surface area contributed by atoms with Crippen LogP contribution in [0.1, 0.15) is 38.5 Å². The van der Waals surface area contributed by atoms with E-state index in [2.05, 4.69) is 5.32 Å². The lowest BCUT2D eigenvalue weighted by Gasteiger charge is -2.22. The molecule has 1 rings (SSSR count). The molecule has 13 heavy (non-hydrogen) atoms. The molecule has 0 atom stereocenters. The minimum atomic E-state index is -0.105. The van der Waals surface area contributed by atoms with Gasteiger partial charge in [-0.15, -0.1) is 0 Å². The van der Waals surface area contributed by atoms with Crippen molar-refractivity contribution in [1.29, 1.82) is 0 Å². The smallest absolute Gasteiger partial charge is 0.145 e. The molecule has 0 unspecified atom stereocenters. The largest absolute Gasteiger partial charge is 0.468 e. The molecule has 1 saturated carbocycles. The second-order valence-corrected chi connectivity index (χ2v) is 7.41. The summed E-state index contributed by atoms with van der Waals surface area (Å²) in [5, 5.41) is 3.66. The van der Waals surface area contributed by atoms with Gasteiger partial charge in [-0.25, -0.2) is 0 Å². The number of nitrogens with one attached hydrogen (secondary N) is 1. The van der Waals surface area contributed by atoms with E-state index >= 15 is 0 Å². The van der Waals surface area contributed by atoms with Crippen molar-refractivity contribution in [1.82, 2.24) is 5.32 Å². The zero-order chi connectivity index (χ0) is 9.36. The summed E-state index contributed by atoms with van der Waals surface area (Å²) in [6.07, 6.45) is 8.50. The molecule has 0 bridgehead atoms. The molecule has 1 fully saturated rings. The highest BCUT2D eigenvalue weighted by molar-refractivity contribution is 6.34. The van der Waals surface area contributed by atoms with Gasteiger partial charge in [0.25, 0.3) is 0 Å². The third-order valence-corrected chi connectivity index (χ3v) is 5.24. The Labute approximate surface area is 87.3 Å². The first-order valence-electron chi connectivity index (χ1n) is 5.66. The molecule has 0 radical (unpaired) electrons. The molecule has 0 saturated heterocycles. The van der Waals surface area contributed by atoms with Crippen molar-refractivity contribution >= 4 is 20.2 Å². The van der Waals surface area contributed by atoms with Gasteiger partial charge in [0.15, 0.2) is 0 Å². The third-order valence-electron chi connectivity index (χ3n) is 2.81. The van der Waals surface area contributed by atoms with Gasteiger partial charge in [0.2, 0.25) is 0 Å². The zero-order valence-electron chi connectivity index (χ0n) is 8.85. The average Bonchev–Trinajstić information content (AvgIpc) is 2.19. The fraction of sp³-hybridized carbons (Fsp3) is 1.00. The second-order valence-electron chi connectivity index (χ2n) is 3.99. The topological polar surface area (TPSA) is 21.3 Å². The van der Waals surface area contributed by atoms with Crippen molar-refractivity contribution < 1.29 is 4.12 Å². The van der Waals surface area contributed by atoms with Crippen LogP contribution in [0.15, 0.2) is 0 Å². The van der Waals surface area contributed by atoms with Gasteiger partial charge in [0.05, 0.1) is 0 Å². The normalized spacial score (nSPS) is 20.3. The SMILES string of the molecule is [SiH3]O[SiH2]CCCNC1CCCCC1. The third kappa shape index (κ3) is 5.62. The molecule has 4 heteroatoms. The Hall–Kier alpha value is 0.354. The molecule has 0 amide bonds. The lowest BCUT2D eigenvalue weighted by Crippen LogP contribution is -2.31. The molecule has 1 aliphatic carbocycles. The summed E-state index contributed by atoms with van der Waals surface area (Å²) in [5.74, 6) is 0. The summed E-state index contributed by atoms with van der Waals surface area (Å²) in [5.41, 5.74) is 0. The quantitative estimate of drug-likeness (QED) is 0.503. The Morgan fingerprint density at radius 1 is 1.31 bits per heavy atom. The minimum absolute atomic E-state index is 0.105. The highest BCUT2D eigenvalue weighted by Gasteiger charge is 2.11. The summed E-state index contributed by atoms with van der Waals surface area (Å²) < 4.78 is 5.28. The van der Waals surface area contributed by atoms with Crippen molar-refractivity contribution in [3.63, 3.8) is 0 Å². The molecule has 1 N–H and O–H groups in total. The first-order chi connectivity index (χ1) is 6.43. The molecule has 0 spiro atoms. The Balaban J connectivity index is 1.86. The Morgan fingerprint density at radius 3 is 2.77 bits per heavy atom. The molecule has 0 aromatic rings. The first kappa shape index (κ1) is 11.4. The maximum atomic E-state index is 5.28. The van der Waals surface area contributed by atoms with Crippen molar-refractivity contribution in [3.05, 3.63) is 0 Å². The van der Waals surface area contributed by atoms with Crippen LogP contribution in [0.5, 0.6) is 0 Å². The van der Waals surface area contributed by atoms with Crippen LogP contribution in [0, 0.1) is 0 Å². The molecule has 0 heterocycles.